The molecule has 122 valence electrons. The molecule has 0 N–H and O–H groups in total. The molecule has 4 aliphatic rings. The number of carbonyl (C=O) groups is 2. The Balaban J connectivity index is 1.83. The molecule has 6 atom stereocenters. The summed E-state index contributed by atoms with van der Waals surface area (Å²) in [5.41, 5.74) is 2.05. The van der Waals surface area contributed by atoms with Gasteiger partial charge in [-0.15, -0.1) is 0 Å². The van der Waals surface area contributed by atoms with Gasteiger partial charge in [0.1, 0.15) is 5.78 Å². The molecule has 0 radical (unpaired) electrons. The molecule has 0 heterocycles. The Kier molecular flexibility index (Phi) is 2.99. The molecule has 4 aliphatic carbocycles. The predicted octanol–water partition coefficient (Wildman–Crippen LogP) is 4.28. The Morgan fingerprint density at radius 2 is 1.91 bits per heavy atom. The summed E-state index contributed by atoms with van der Waals surface area (Å²) in [5, 5.41) is 0. The van der Waals surface area contributed by atoms with Crippen LogP contribution in [0.3, 0.4) is 0 Å². The molecular formula is C21H26O2. The van der Waals surface area contributed by atoms with Gasteiger partial charge in [-0.25, -0.2) is 0 Å². The van der Waals surface area contributed by atoms with Gasteiger partial charge in [0.05, 0.1) is 0 Å². The van der Waals surface area contributed by atoms with E-state index in [2.05, 4.69) is 33.4 Å². The third-order valence-electron chi connectivity index (χ3n) is 7.75. The maximum atomic E-state index is 12.5. The molecule has 0 amide bonds. The third-order valence-corrected chi connectivity index (χ3v) is 7.75. The maximum Gasteiger partial charge on any atom is 0.178 e. The molecule has 23 heavy (non-hydrogen) atoms. The van der Waals surface area contributed by atoms with Gasteiger partial charge in [-0.3, -0.25) is 9.59 Å². The fraction of sp³-hybridized carbons (Fsp3) is 0.619. The second kappa shape index (κ2) is 4.55. The maximum absolute atomic E-state index is 12.5. The lowest BCUT2D eigenvalue weighted by Crippen LogP contribution is -2.53. The van der Waals surface area contributed by atoms with Crippen LogP contribution in [-0.2, 0) is 9.59 Å². The number of allylic oxidation sites excluding steroid dienone is 5. The molecule has 4 rings (SSSR count). The van der Waals surface area contributed by atoms with Gasteiger partial charge in [0.25, 0.3) is 0 Å². The molecule has 0 saturated heterocycles. The van der Waals surface area contributed by atoms with Gasteiger partial charge >= 0.3 is 0 Å². The van der Waals surface area contributed by atoms with Crippen molar-refractivity contribution < 1.29 is 9.59 Å². The summed E-state index contributed by atoms with van der Waals surface area (Å²) in [6.45, 7) is 11.1. The zero-order chi connectivity index (χ0) is 16.6. The van der Waals surface area contributed by atoms with Gasteiger partial charge < -0.3 is 0 Å². The topological polar surface area (TPSA) is 34.1 Å². The van der Waals surface area contributed by atoms with Crippen molar-refractivity contribution in [2.24, 2.45) is 34.5 Å². The molecule has 0 unspecified atom stereocenters. The van der Waals surface area contributed by atoms with E-state index in [4.69, 9.17) is 0 Å². The lowest BCUT2D eigenvalue weighted by molar-refractivity contribution is -0.132. The second-order valence-corrected chi connectivity index (χ2v) is 8.60. The van der Waals surface area contributed by atoms with E-state index in [1.54, 1.807) is 6.08 Å². The van der Waals surface area contributed by atoms with Crippen LogP contribution in [0, 0.1) is 34.5 Å². The highest BCUT2D eigenvalue weighted by Crippen LogP contribution is 2.65. The Morgan fingerprint density at radius 1 is 1.17 bits per heavy atom. The molecule has 3 saturated carbocycles. The number of rotatable bonds is 0. The zero-order valence-electron chi connectivity index (χ0n) is 14.4. The van der Waals surface area contributed by atoms with Crippen LogP contribution in [0.25, 0.3) is 0 Å². The Hall–Kier alpha value is -1.44. The van der Waals surface area contributed by atoms with E-state index in [9.17, 15) is 9.59 Å². The van der Waals surface area contributed by atoms with Crippen LogP contribution in [0.4, 0.5) is 0 Å². The van der Waals surface area contributed by atoms with Crippen LogP contribution in [0.1, 0.15) is 46.5 Å². The van der Waals surface area contributed by atoms with Crippen LogP contribution in [0.5, 0.6) is 0 Å². The van der Waals surface area contributed by atoms with Gasteiger partial charge in [0.2, 0.25) is 0 Å². The summed E-state index contributed by atoms with van der Waals surface area (Å²) < 4.78 is 0. The molecule has 0 aromatic rings. The third kappa shape index (κ3) is 1.75. The molecule has 0 aromatic carbocycles. The minimum Gasteiger partial charge on any atom is -0.299 e. The van der Waals surface area contributed by atoms with Gasteiger partial charge in [0.15, 0.2) is 5.78 Å². The van der Waals surface area contributed by atoms with Crippen LogP contribution < -0.4 is 0 Å². The summed E-state index contributed by atoms with van der Waals surface area (Å²) in [5.74, 6) is 2.41. The van der Waals surface area contributed by atoms with Crippen molar-refractivity contribution in [3.8, 4) is 0 Å². The van der Waals surface area contributed by atoms with Crippen molar-refractivity contribution in [2.75, 3.05) is 0 Å². The Bertz CT molecular complexity index is 682. The Morgan fingerprint density at radius 3 is 2.65 bits per heavy atom. The van der Waals surface area contributed by atoms with Crippen molar-refractivity contribution in [3.05, 3.63) is 36.0 Å². The molecule has 3 fully saturated rings. The lowest BCUT2D eigenvalue weighted by Gasteiger charge is -2.58. The van der Waals surface area contributed by atoms with Gasteiger partial charge in [-0.1, -0.05) is 33.4 Å². The SMILES string of the molecule is C=C1C2=CC(=O)C=C[C@]2(C)[C@H]2CC[C@]3(C)C(=O)CC[C@H]3[C@@H]2[C@@H]1C. The van der Waals surface area contributed by atoms with Gasteiger partial charge in [-0.05, 0) is 66.2 Å². The van der Waals surface area contributed by atoms with E-state index in [1.165, 1.54) is 0 Å². The van der Waals surface area contributed by atoms with Gasteiger partial charge in [0, 0.05) is 17.3 Å². The molecule has 2 nitrogen and oxygen atoms in total. The molecule has 0 aromatic heterocycles. The van der Waals surface area contributed by atoms with E-state index in [1.807, 2.05) is 6.08 Å². The van der Waals surface area contributed by atoms with Crippen LogP contribution in [0.15, 0.2) is 36.0 Å². The number of hydrogen-bond acceptors (Lipinski definition) is 2. The molecular weight excluding hydrogens is 284 g/mol. The highest BCUT2D eigenvalue weighted by atomic mass is 16.1. The average Bonchev–Trinajstić information content (AvgIpc) is 2.82. The number of ketones is 2. The summed E-state index contributed by atoms with van der Waals surface area (Å²) in [6, 6.07) is 0. The number of Topliss-reactive ketones (excluding diaryl/α,β-unsaturated/α-hetero) is 1. The number of hydrogen-bond donors (Lipinski definition) is 0. The van der Waals surface area contributed by atoms with E-state index in [-0.39, 0.29) is 16.6 Å². The molecule has 0 bridgehead atoms. The minimum absolute atomic E-state index is 0.0842. The monoisotopic (exact) mass is 310 g/mol. The standard InChI is InChI=1S/C21H26O2/c1-12-13(2)19-15-5-6-18(23)21(15,4)10-8-16(19)20(3)9-7-14(22)11-17(12)20/h7,9,11,13,15-16,19H,1,5-6,8,10H2,2-4H3/t13-,15+,16+,19+,20-,21+/m1/s1. The molecule has 2 heteroatoms. The van der Waals surface area contributed by atoms with Crippen molar-refractivity contribution in [1.82, 2.24) is 0 Å². The summed E-state index contributed by atoms with van der Waals surface area (Å²) in [7, 11) is 0. The fourth-order valence-electron chi connectivity index (χ4n) is 6.29. The van der Waals surface area contributed by atoms with Crippen molar-refractivity contribution in [1.29, 1.82) is 0 Å². The molecule has 0 aliphatic heterocycles. The number of fused-ring (bicyclic) bond motifs is 5. The average molecular weight is 310 g/mol. The fourth-order valence-corrected chi connectivity index (χ4v) is 6.29. The summed E-state index contributed by atoms with van der Waals surface area (Å²) in [4.78, 5) is 24.4. The lowest BCUT2D eigenvalue weighted by atomic mass is 9.45. The van der Waals surface area contributed by atoms with Crippen molar-refractivity contribution in [3.63, 3.8) is 0 Å². The van der Waals surface area contributed by atoms with Crippen LogP contribution >= 0.6 is 0 Å². The van der Waals surface area contributed by atoms with Crippen LogP contribution in [0.2, 0.25) is 0 Å². The normalized spacial score (nSPS) is 48.7. The first-order chi connectivity index (χ1) is 10.8. The summed E-state index contributed by atoms with van der Waals surface area (Å²) >= 11 is 0. The highest BCUT2D eigenvalue weighted by molar-refractivity contribution is 6.02. The Labute approximate surface area is 138 Å². The highest BCUT2D eigenvalue weighted by Gasteiger charge is 2.60. The zero-order valence-corrected chi connectivity index (χ0v) is 14.4. The minimum atomic E-state index is -0.124. The van der Waals surface area contributed by atoms with Crippen LogP contribution in [-0.4, -0.2) is 11.6 Å². The van der Waals surface area contributed by atoms with E-state index in [0.29, 0.717) is 29.5 Å². The quantitative estimate of drug-likeness (QED) is 0.669. The van der Waals surface area contributed by atoms with E-state index < -0.39 is 0 Å². The first-order valence-electron chi connectivity index (χ1n) is 8.97. The van der Waals surface area contributed by atoms with Gasteiger partial charge in [-0.2, -0.15) is 0 Å². The van der Waals surface area contributed by atoms with E-state index in [0.717, 1.165) is 36.8 Å². The summed E-state index contributed by atoms with van der Waals surface area (Å²) in [6.07, 6.45) is 9.52. The molecule has 0 spiro atoms. The largest absolute Gasteiger partial charge is 0.299 e. The van der Waals surface area contributed by atoms with Crippen molar-refractivity contribution in [2.45, 2.75) is 46.5 Å². The number of carbonyl (C=O) groups excluding carboxylic acids is 2. The smallest absolute Gasteiger partial charge is 0.178 e. The first kappa shape index (κ1) is 15.1. The predicted molar refractivity (Wildman–Crippen MR) is 90.7 cm³/mol. The second-order valence-electron chi connectivity index (χ2n) is 8.60. The van der Waals surface area contributed by atoms with E-state index >= 15 is 0 Å². The first-order valence-corrected chi connectivity index (χ1v) is 8.97. The van der Waals surface area contributed by atoms with Crippen molar-refractivity contribution >= 4 is 11.6 Å².